The highest BCUT2D eigenvalue weighted by molar-refractivity contribution is 5.13. The molecule has 0 fully saturated rings. The predicted octanol–water partition coefficient (Wildman–Crippen LogP) is 3.10. The molecule has 80 valence electrons. The van der Waals surface area contributed by atoms with E-state index < -0.39 is 0 Å². The van der Waals surface area contributed by atoms with Gasteiger partial charge in [-0.2, -0.15) is 0 Å². The lowest BCUT2D eigenvalue weighted by Crippen LogP contribution is -1.99. The molecule has 0 aromatic rings. The Morgan fingerprint density at radius 2 is 2.14 bits per heavy atom. The van der Waals surface area contributed by atoms with Crippen LogP contribution in [-0.2, 0) is 4.74 Å². The lowest BCUT2D eigenvalue weighted by Gasteiger charge is -2.11. The number of nitrogens with two attached hydrogens (primary N) is 1. The first kappa shape index (κ1) is 11.3. The summed E-state index contributed by atoms with van der Waals surface area (Å²) in [5.41, 5.74) is 6.87. The van der Waals surface area contributed by atoms with Gasteiger partial charge in [0.2, 0.25) is 0 Å². The van der Waals surface area contributed by atoms with E-state index in [2.05, 4.69) is 13.0 Å². The first-order valence-electron chi connectivity index (χ1n) is 5.47. The summed E-state index contributed by atoms with van der Waals surface area (Å²) in [6, 6.07) is 0. The molecule has 0 spiro atoms. The topological polar surface area (TPSA) is 35.2 Å². The standard InChI is InChI=1S/C12H21NO/c1-10-6-5-7-11(2)14-12(10)8-3-4-9-13/h7H,3-6,8-9,13H2,1-2H3. The maximum absolute atomic E-state index is 5.77. The van der Waals surface area contributed by atoms with Crippen LogP contribution in [0.5, 0.6) is 0 Å². The van der Waals surface area contributed by atoms with E-state index in [4.69, 9.17) is 10.5 Å². The number of hydrogen-bond acceptors (Lipinski definition) is 2. The second-order valence-corrected chi connectivity index (χ2v) is 3.90. The molecule has 1 heterocycles. The summed E-state index contributed by atoms with van der Waals surface area (Å²) < 4.78 is 5.77. The largest absolute Gasteiger partial charge is 0.467 e. The maximum atomic E-state index is 5.77. The molecule has 2 nitrogen and oxygen atoms in total. The van der Waals surface area contributed by atoms with Crippen LogP contribution >= 0.6 is 0 Å². The van der Waals surface area contributed by atoms with Crippen molar-refractivity contribution < 1.29 is 4.74 Å². The van der Waals surface area contributed by atoms with E-state index in [1.165, 1.54) is 11.3 Å². The summed E-state index contributed by atoms with van der Waals surface area (Å²) >= 11 is 0. The molecule has 2 N–H and O–H groups in total. The molecule has 0 aliphatic carbocycles. The third kappa shape index (κ3) is 3.54. The molecule has 0 saturated heterocycles. The van der Waals surface area contributed by atoms with Crippen molar-refractivity contribution in [3.8, 4) is 0 Å². The van der Waals surface area contributed by atoms with Crippen molar-refractivity contribution in [3.63, 3.8) is 0 Å². The molecule has 1 aliphatic rings. The lowest BCUT2D eigenvalue weighted by atomic mass is 10.1. The molecule has 0 aromatic heterocycles. The first-order chi connectivity index (χ1) is 6.74. The van der Waals surface area contributed by atoms with Gasteiger partial charge in [-0.1, -0.05) is 0 Å². The number of unbranched alkanes of at least 4 members (excludes halogenated alkanes) is 1. The highest BCUT2D eigenvalue weighted by Gasteiger charge is 2.08. The highest BCUT2D eigenvalue weighted by Crippen LogP contribution is 2.24. The molecule has 0 aromatic carbocycles. The van der Waals surface area contributed by atoms with Crippen LogP contribution in [0.15, 0.2) is 23.2 Å². The van der Waals surface area contributed by atoms with Crippen molar-refractivity contribution in [1.82, 2.24) is 0 Å². The third-order valence-electron chi connectivity index (χ3n) is 2.57. The third-order valence-corrected chi connectivity index (χ3v) is 2.57. The Balaban J connectivity index is 2.49. The van der Waals surface area contributed by atoms with E-state index in [9.17, 15) is 0 Å². The summed E-state index contributed by atoms with van der Waals surface area (Å²) in [6.45, 7) is 4.98. The summed E-state index contributed by atoms with van der Waals surface area (Å²) in [6.07, 6.45) is 7.67. The van der Waals surface area contributed by atoms with Crippen molar-refractivity contribution in [1.29, 1.82) is 0 Å². The molecule has 2 heteroatoms. The Morgan fingerprint density at radius 3 is 2.86 bits per heavy atom. The monoisotopic (exact) mass is 195 g/mol. The normalized spacial score (nSPS) is 17.5. The number of ether oxygens (including phenoxy) is 1. The van der Waals surface area contributed by atoms with Gasteiger partial charge in [-0.15, -0.1) is 0 Å². The van der Waals surface area contributed by atoms with Gasteiger partial charge in [-0.05, 0) is 57.7 Å². The Kier molecular flexibility index (Phi) is 4.74. The second kappa shape index (κ2) is 5.86. The van der Waals surface area contributed by atoms with E-state index in [-0.39, 0.29) is 0 Å². The second-order valence-electron chi connectivity index (χ2n) is 3.90. The molecular weight excluding hydrogens is 174 g/mol. The van der Waals surface area contributed by atoms with Crippen molar-refractivity contribution in [2.24, 2.45) is 5.73 Å². The summed E-state index contributed by atoms with van der Waals surface area (Å²) in [5.74, 6) is 2.22. The summed E-state index contributed by atoms with van der Waals surface area (Å²) in [5, 5.41) is 0. The first-order valence-corrected chi connectivity index (χ1v) is 5.47. The van der Waals surface area contributed by atoms with Gasteiger partial charge in [0.15, 0.2) is 0 Å². The lowest BCUT2D eigenvalue weighted by molar-refractivity contribution is 0.286. The summed E-state index contributed by atoms with van der Waals surface area (Å²) in [4.78, 5) is 0. The van der Waals surface area contributed by atoms with Gasteiger partial charge >= 0.3 is 0 Å². The number of allylic oxidation sites excluding steroid dienone is 4. The van der Waals surface area contributed by atoms with Crippen molar-refractivity contribution in [2.45, 2.75) is 46.0 Å². The fraction of sp³-hybridized carbons (Fsp3) is 0.667. The van der Waals surface area contributed by atoms with E-state index >= 15 is 0 Å². The average molecular weight is 195 g/mol. The van der Waals surface area contributed by atoms with Crippen LogP contribution in [0.1, 0.15) is 46.0 Å². The fourth-order valence-corrected chi connectivity index (χ4v) is 1.65. The zero-order chi connectivity index (χ0) is 10.4. The van der Waals surface area contributed by atoms with Gasteiger partial charge in [0.25, 0.3) is 0 Å². The van der Waals surface area contributed by atoms with Crippen LogP contribution in [0.25, 0.3) is 0 Å². The molecule has 14 heavy (non-hydrogen) atoms. The molecule has 0 unspecified atom stereocenters. The van der Waals surface area contributed by atoms with Crippen LogP contribution in [0, 0.1) is 0 Å². The Bertz CT molecular complexity index is 241. The zero-order valence-electron chi connectivity index (χ0n) is 9.31. The van der Waals surface area contributed by atoms with Crippen LogP contribution in [-0.4, -0.2) is 6.54 Å². The SMILES string of the molecule is CC1=CCCC(C)=C(CCCCN)O1. The van der Waals surface area contributed by atoms with Gasteiger partial charge in [-0.3, -0.25) is 0 Å². The number of rotatable bonds is 4. The van der Waals surface area contributed by atoms with Gasteiger partial charge in [-0.25, -0.2) is 0 Å². The van der Waals surface area contributed by atoms with E-state index in [1.807, 2.05) is 6.92 Å². The Morgan fingerprint density at radius 1 is 1.36 bits per heavy atom. The minimum atomic E-state index is 0.779. The highest BCUT2D eigenvalue weighted by atomic mass is 16.5. The van der Waals surface area contributed by atoms with Gasteiger partial charge in [0, 0.05) is 6.42 Å². The molecule has 0 bridgehead atoms. The minimum Gasteiger partial charge on any atom is -0.467 e. The fourth-order valence-electron chi connectivity index (χ4n) is 1.65. The van der Waals surface area contributed by atoms with Crippen LogP contribution in [0.3, 0.4) is 0 Å². The minimum absolute atomic E-state index is 0.779. The molecular formula is C12H21NO. The smallest absolute Gasteiger partial charge is 0.102 e. The average Bonchev–Trinajstić information content (AvgIpc) is 2.30. The van der Waals surface area contributed by atoms with Crippen molar-refractivity contribution in [3.05, 3.63) is 23.2 Å². The predicted molar refractivity (Wildman–Crippen MR) is 59.7 cm³/mol. The molecule has 0 radical (unpaired) electrons. The molecule has 0 atom stereocenters. The Hall–Kier alpha value is -0.760. The van der Waals surface area contributed by atoms with Crippen molar-refractivity contribution >= 4 is 0 Å². The van der Waals surface area contributed by atoms with Gasteiger partial charge < -0.3 is 10.5 Å². The van der Waals surface area contributed by atoms with E-state index in [0.717, 1.165) is 44.4 Å². The summed E-state index contributed by atoms with van der Waals surface area (Å²) in [7, 11) is 0. The van der Waals surface area contributed by atoms with Crippen LogP contribution in [0.4, 0.5) is 0 Å². The molecule has 0 saturated carbocycles. The van der Waals surface area contributed by atoms with Gasteiger partial charge in [0.1, 0.15) is 5.76 Å². The molecule has 1 rings (SSSR count). The van der Waals surface area contributed by atoms with Gasteiger partial charge in [0.05, 0.1) is 5.76 Å². The maximum Gasteiger partial charge on any atom is 0.102 e. The number of hydrogen-bond donors (Lipinski definition) is 1. The van der Waals surface area contributed by atoms with Crippen LogP contribution < -0.4 is 5.73 Å². The Labute approximate surface area is 86.8 Å². The zero-order valence-corrected chi connectivity index (χ0v) is 9.31. The van der Waals surface area contributed by atoms with E-state index in [0.29, 0.717) is 0 Å². The molecule has 0 amide bonds. The van der Waals surface area contributed by atoms with Crippen molar-refractivity contribution in [2.75, 3.05) is 6.54 Å². The quantitative estimate of drug-likeness (QED) is 0.699. The van der Waals surface area contributed by atoms with E-state index in [1.54, 1.807) is 0 Å². The van der Waals surface area contributed by atoms with Crippen LogP contribution in [0.2, 0.25) is 0 Å². The molecule has 1 aliphatic heterocycles.